The van der Waals surface area contributed by atoms with Crippen LogP contribution in [0.15, 0.2) is 36.4 Å². The van der Waals surface area contributed by atoms with Crippen molar-refractivity contribution >= 4 is 37.3 Å². The molecule has 17 heavy (non-hydrogen) atoms. The first kappa shape index (κ1) is 11.9. The van der Waals surface area contributed by atoms with E-state index >= 15 is 0 Å². The Hall–Kier alpha value is -1.55. The Morgan fingerprint density at radius 2 is 2.24 bits per heavy atom. The molecule has 0 fully saturated rings. The van der Waals surface area contributed by atoms with Crippen LogP contribution in [-0.2, 0) is 9.53 Å². The molecule has 1 aromatic carbocycles. The molecular formula is C13H12BrNO2. The number of aromatic nitrogens is 1. The normalized spacial score (nSPS) is 11.8. The van der Waals surface area contributed by atoms with Crippen molar-refractivity contribution in [2.45, 2.75) is 6.92 Å². The topological polar surface area (TPSA) is 42.1 Å². The first-order valence-corrected chi connectivity index (χ1v) is 6.12. The average molecular weight is 294 g/mol. The number of carbonyl (C=O) groups is 1. The minimum absolute atomic E-state index is 0.349. The summed E-state index contributed by atoms with van der Waals surface area (Å²) in [5.41, 5.74) is 1.90. The molecule has 0 saturated carbocycles. The van der Waals surface area contributed by atoms with Gasteiger partial charge < -0.3 is 9.72 Å². The molecule has 0 aliphatic heterocycles. The highest BCUT2D eigenvalue weighted by atomic mass is 79.9. The van der Waals surface area contributed by atoms with E-state index in [1.165, 1.54) is 6.08 Å². The number of nitrogens with one attached hydrogen (secondary N) is 1. The van der Waals surface area contributed by atoms with Crippen molar-refractivity contribution < 1.29 is 9.53 Å². The van der Waals surface area contributed by atoms with Crippen LogP contribution in [0, 0.1) is 0 Å². The summed E-state index contributed by atoms with van der Waals surface area (Å²) in [5, 5.41) is 1.11. The molecule has 1 heterocycles. The van der Waals surface area contributed by atoms with Gasteiger partial charge in [-0.3, -0.25) is 0 Å². The van der Waals surface area contributed by atoms with Crippen LogP contribution in [0.1, 0.15) is 12.6 Å². The van der Waals surface area contributed by atoms with E-state index in [-0.39, 0.29) is 5.97 Å². The van der Waals surface area contributed by atoms with Gasteiger partial charge in [-0.1, -0.05) is 18.2 Å². The average Bonchev–Trinajstić information content (AvgIpc) is 2.72. The lowest BCUT2D eigenvalue weighted by Gasteiger charge is -1.97. The largest absolute Gasteiger partial charge is 0.463 e. The number of aromatic amines is 1. The van der Waals surface area contributed by atoms with Gasteiger partial charge in [0, 0.05) is 21.5 Å². The fourth-order valence-corrected chi connectivity index (χ4v) is 1.97. The minimum Gasteiger partial charge on any atom is -0.463 e. The molecule has 0 aliphatic carbocycles. The van der Waals surface area contributed by atoms with E-state index in [1.54, 1.807) is 6.92 Å². The lowest BCUT2D eigenvalue weighted by molar-refractivity contribution is -0.137. The minimum atomic E-state index is -0.349. The SMILES string of the molecule is CCOC(=O)C=C(Br)c1cc2ccccc2[nH]1. The van der Waals surface area contributed by atoms with Crippen molar-refractivity contribution in [1.29, 1.82) is 0 Å². The van der Waals surface area contributed by atoms with Crippen LogP contribution in [0.5, 0.6) is 0 Å². The second kappa shape index (κ2) is 5.19. The van der Waals surface area contributed by atoms with Crippen LogP contribution in [0.25, 0.3) is 15.4 Å². The second-order valence-electron chi connectivity index (χ2n) is 3.51. The number of para-hydroxylation sites is 1. The number of fused-ring (bicyclic) bond motifs is 1. The summed E-state index contributed by atoms with van der Waals surface area (Å²) in [4.78, 5) is 14.5. The molecule has 0 spiro atoms. The second-order valence-corrected chi connectivity index (χ2v) is 4.37. The van der Waals surface area contributed by atoms with Crippen molar-refractivity contribution in [1.82, 2.24) is 4.98 Å². The zero-order valence-electron chi connectivity index (χ0n) is 9.37. The summed E-state index contributed by atoms with van der Waals surface area (Å²) in [5.74, 6) is -0.349. The molecule has 0 radical (unpaired) electrons. The summed E-state index contributed by atoms with van der Waals surface area (Å²) in [6, 6.07) is 9.92. The van der Waals surface area contributed by atoms with Gasteiger partial charge in [0.2, 0.25) is 0 Å². The number of carbonyl (C=O) groups excluding carboxylic acids is 1. The Morgan fingerprint density at radius 1 is 1.47 bits per heavy atom. The monoisotopic (exact) mass is 293 g/mol. The number of benzene rings is 1. The number of hydrogen-bond acceptors (Lipinski definition) is 2. The van der Waals surface area contributed by atoms with Gasteiger partial charge >= 0.3 is 5.97 Å². The van der Waals surface area contributed by atoms with E-state index in [1.807, 2.05) is 30.3 Å². The Morgan fingerprint density at radius 3 is 2.94 bits per heavy atom. The van der Waals surface area contributed by atoms with Crippen LogP contribution in [-0.4, -0.2) is 17.6 Å². The molecule has 0 aliphatic rings. The predicted molar refractivity (Wildman–Crippen MR) is 71.8 cm³/mol. The third kappa shape index (κ3) is 2.77. The van der Waals surface area contributed by atoms with E-state index in [0.717, 1.165) is 16.6 Å². The number of rotatable bonds is 3. The highest BCUT2D eigenvalue weighted by Crippen LogP contribution is 2.24. The van der Waals surface area contributed by atoms with Crippen LogP contribution < -0.4 is 0 Å². The molecule has 1 aromatic heterocycles. The van der Waals surface area contributed by atoms with Crippen molar-refractivity contribution in [3.63, 3.8) is 0 Å². The highest BCUT2D eigenvalue weighted by molar-refractivity contribution is 9.15. The number of ether oxygens (including phenoxy) is 1. The van der Waals surface area contributed by atoms with Gasteiger partial charge in [-0.25, -0.2) is 4.79 Å². The molecule has 0 bridgehead atoms. The number of H-pyrrole nitrogens is 1. The number of halogens is 1. The third-order valence-electron chi connectivity index (χ3n) is 2.32. The van der Waals surface area contributed by atoms with Gasteiger partial charge in [-0.15, -0.1) is 0 Å². The van der Waals surface area contributed by atoms with Gasteiger partial charge in [0.25, 0.3) is 0 Å². The van der Waals surface area contributed by atoms with E-state index in [0.29, 0.717) is 11.1 Å². The first-order chi connectivity index (χ1) is 8.20. The van der Waals surface area contributed by atoms with Crippen LogP contribution >= 0.6 is 15.9 Å². The summed E-state index contributed by atoms with van der Waals surface area (Å²) in [6.07, 6.45) is 1.42. The Labute approximate surface area is 108 Å². The van der Waals surface area contributed by atoms with Gasteiger partial charge in [-0.05, 0) is 35.0 Å². The van der Waals surface area contributed by atoms with Gasteiger partial charge in [0.15, 0.2) is 0 Å². The molecule has 4 heteroatoms. The Balaban J connectivity index is 2.30. The van der Waals surface area contributed by atoms with Crippen LogP contribution in [0.3, 0.4) is 0 Å². The zero-order valence-corrected chi connectivity index (χ0v) is 11.0. The van der Waals surface area contributed by atoms with Crippen LogP contribution in [0.2, 0.25) is 0 Å². The van der Waals surface area contributed by atoms with Crippen molar-refractivity contribution in [2.24, 2.45) is 0 Å². The van der Waals surface area contributed by atoms with E-state index in [2.05, 4.69) is 20.9 Å². The highest BCUT2D eigenvalue weighted by Gasteiger charge is 2.05. The standard InChI is InChI=1S/C13H12BrNO2/c1-2-17-13(16)8-10(14)12-7-9-5-3-4-6-11(9)15-12/h3-8,15H,2H2,1H3. The maximum absolute atomic E-state index is 11.3. The molecule has 2 aromatic rings. The van der Waals surface area contributed by atoms with E-state index < -0.39 is 0 Å². The molecule has 1 N–H and O–H groups in total. The summed E-state index contributed by atoms with van der Waals surface area (Å²) < 4.78 is 5.54. The van der Waals surface area contributed by atoms with Gasteiger partial charge in [0.05, 0.1) is 12.3 Å². The van der Waals surface area contributed by atoms with Crippen molar-refractivity contribution in [3.05, 3.63) is 42.1 Å². The molecule has 2 rings (SSSR count). The van der Waals surface area contributed by atoms with Crippen LogP contribution in [0.4, 0.5) is 0 Å². The van der Waals surface area contributed by atoms with Crippen molar-refractivity contribution in [2.75, 3.05) is 6.61 Å². The molecular weight excluding hydrogens is 282 g/mol. The molecule has 0 unspecified atom stereocenters. The fourth-order valence-electron chi connectivity index (χ4n) is 1.57. The van der Waals surface area contributed by atoms with Crippen molar-refractivity contribution in [3.8, 4) is 0 Å². The van der Waals surface area contributed by atoms with Gasteiger partial charge in [-0.2, -0.15) is 0 Å². The molecule has 0 amide bonds. The quantitative estimate of drug-likeness (QED) is 0.695. The predicted octanol–water partition coefficient (Wildman–Crippen LogP) is 3.47. The fraction of sp³-hybridized carbons (Fsp3) is 0.154. The molecule has 3 nitrogen and oxygen atoms in total. The first-order valence-electron chi connectivity index (χ1n) is 5.33. The zero-order chi connectivity index (χ0) is 12.3. The summed E-state index contributed by atoms with van der Waals surface area (Å²) in [6.45, 7) is 2.16. The number of esters is 1. The Kier molecular flexibility index (Phi) is 3.64. The summed E-state index contributed by atoms with van der Waals surface area (Å²) >= 11 is 3.36. The molecule has 0 atom stereocenters. The third-order valence-corrected chi connectivity index (χ3v) is 2.97. The van der Waals surface area contributed by atoms with E-state index in [9.17, 15) is 4.79 Å². The molecule has 0 saturated heterocycles. The number of hydrogen-bond donors (Lipinski definition) is 1. The maximum Gasteiger partial charge on any atom is 0.331 e. The molecule has 88 valence electrons. The lowest BCUT2D eigenvalue weighted by atomic mass is 10.2. The Bertz CT molecular complexity index is 539. The van der Waals surface area contributed by atoms with E-state index in [4.69, 9.17) is 4.74 Å². The smallest absolute Gasteiger partial charge is 0.331 e. The maximum atomic E-state index is 11.3. The van der Waals surface area contributed by atoms with Gasteiger partial charge in [0.1, 0.15) is 0 Å². The lowest BCUT2D eigenvalue weighted by Crippen LogP contribution is -1.99. The summed E-state index contributed by atoms with van der Waals surface area (Å²) in [7, 11) is 0.